The maximum absolute atomic E-state index is 13.9. The molecule has 0 bridgehead atoms. The van der Waals surface area contributed by atoms with Crippen molar-refractivity contribution in [1.29, 1.82) is 0 Å². The van der Waals surface area contributed by atoms with Gasteiger partial charge in [0.25, 0.3) is 5.91 Å². The van der Waals surface area contributed by atoms with Crippen molar-refractivity contribution in [2.45, 2.75) is 25.8 Å². The smallest absolute Gasteiger partial charge is 0.257 e. The lowest BCUT2D eigenvalue weighted by molar-refractivity contribution is 0.0717. The van der Waals surface area contributed by atoms with E-state index >= 15 is 0 Å². The summed E-state index contributed by atoms with van der Waals surface area (Å²) in [5.41, 5.74) is 1.15. The SMILES string of the molecule is CC(=O)c1c(F)cccc1NC1CCN(C(=O)c2ccoc2)CC1. The molecule has 0 atom stereocenters. The number of amides is 1. The van der Waals surface area contributed by atoms with E-state index in [0.29, 0.717) is 24.3 Å². The fourth-order valence-corrected chi connectivity index (χ4v) is 3.02. The van der Waals surface area contributed by atoms with Crippen LogP contribution in [0.5, 0.6) is 0 Å². The number of furan rings is 1. The van der Waals surface area contributed by atoms with E-state index < -0.39 is 5.82 Å². The molecule has 24 heavy (non-hydrogen) atoms. The first-order valence-corrected chi connectivity index (χ1v) is 7.93. The Morgan fingerprint density at radius 2 is 2.00 bits per heavy atom. The molecule has 0 spiro atoms. The number of carbonyl (C=O) groups is 2. The van der Waals surface area contributed by atoms with E-state index in [1.54, 1.807) is 23.1 Å². The quantitative estimate of drug-likeness (QED) is 0.874. The minimum absolute atomic E-state index is 0.0441. The topological polar surface area (TPSA) is 62.6 Å². The Morgan fingerprint density at radius 3 is 2.62 bits per heavy atom. The second-order valence-electron chi connectivity index (χ2n) is 5.94. The second-order valence-corrected chi connectivity index (χ2v) is 5.94. The van der Waals surface area contributed by atoms with Crippen LogP contribution < -0.4 is 5.32 Å². The fraction of sp³-hybridized carbons (Fsp3) is 0.333. The molecule has 1 aromatic carbocycles. The van der Waals surface area contributed by atoms with Gasteiger partial charge < -0.3 is 14.6 Å². The maximum atomic E-state index is 13.9. The summed E-state index contributed by atoms with van der Waals surface area (Å²) in [7, 11) is 0. The third-order valence-electron chi connectivity index (χ3n) is 4.28. The fourth-order valence-electron chi connectivity index (χ4n) is 3.02. The summed E-state index contributed by atoms with van der Waals surface area (Å²) >= 11 is 0. The Hall–Kier alpha value is -2.63. The molecule has 126 valence electrons. The second kappa shape index (κ2) is 6.86. The van der Waals surface area contributed by atoms with Gasteiger partial charge in [-0.15, -0.1) is 0 Å². The molecule has 1 aliphatic heterocycles. The third kappa shape index (κ3) is 3.32. The Morgan fingerprint density at radius 1 is 1.25 bits per heavy atom. The van der Waals surface area contributed by atoms with E-state index in [4.69, 9.17) is 4.42 Å². The number of halogens is 1. The minimum atomic E-state index is -0.514. The van der Waals surface area contributed by atoms with Gasteiger partial charge in [-0.2, -0.15) is 0 Å². The van der Waals surface area contributed by atoms with Crippen molar-refractivity contribution in [3.8, 4) is 0 Å². The highest BCUT2D eigenvalue weighted by molar-refractivity contribution is 5.99. The first-order valence-electron chi connectivity index (χ1n) is 7.93. The Kier molecular flexibility index (Phi) is 4.64. The molecule has 0 radical (unpaired) electrons. The average Bonchev–Trinajstić information content (AvgIpc) is 3.09. The molecule has 0 unspecified atom stereocenters. The molecular formula is C18H19FN2O3. The molecule has 5 nitrogen and oxygen atoms in total. The van der Waals surface area contributed by atoms with Gasteiger partial charge in [-0.1, -0.05) is 6.07 Å². The minimum Gasteiger partial charge on any atom is -0.472 e. The summed E-state index contributed by atoms with van der Waals surface area (Å²) in [6.45, 7) is 2.56. The van der Waals surface area contributed by atoms with E-state index in [1.165, 1.54) is 25.5 Å². The number of hydrogen-bond acceptors (Lipinski definition) is 4. The van der Waals surface area contributed by atoms with Crippen LogP contribution >= 0.6 is 0 Å². The van der Waals surface area contributed by atoms with Gasteiger partial charge in [0, 0.05) is 24.8 Å². The number of anilines is 1. The molecule has 1 aromatic heterocycles. The number of piperidine rings is 1. The van der Waals surface area contributed by atoms with E-state index in [2.05, 4.69) is 5.32 Å². The number of nitrogens with one attached hydrogen (secondary N) is 1. The molecule has 3 rings (SSSR count). The molecule has 1 amide bonds. The van der Waals surface area contributed by atoms with Gasteiger partial charge in [0.2, 0.25) is 0 Å². The zero-order valence-electron chi connectivity index (χ0n) is 13.4. The van der Waals surface area contributed by atoms with Gasteiger partial charge in [0.15, 0.2) is 5.78 Å². The summed E-state index contributed by atoms with van der Waals surface area (Å²) in [4.78, 5) is 25.7. The predicted octanol–water partition coefficient (Wildman–Crippen LogP) is 3.34. The highest BCUT2D eigenvalue weighted by Crippen LogP contribution is 2.23. The van der Waals surface area contributed by atoms with Crippen LogP contribution in [0.3, 0.4) is 0 Å². The van der Waals surface area contributed by atoms with Crippen LogP contribution in [0.1, 0.15) is 40.5 Å². The number of nitrogens with zero attached hydrogens (tertiary/aromatic N) is 1. The van der Waals surface area contributed by atoms with Crippen molar-refractivity contribution >= 4 is 17.4 Å². The lowest BCUT2D eigenvalue weighted by atomic mass is 10.0. The summed E-state index contributed by atoms with van der Waals surface area (Å²) < 4.78 is 18.8. The van der Waals surface area contributed by atoms with Crippen LogP contribution in [-0.2, 0) is 0 Å². The van der Waals surface area contributed by atoms with Gasteiger partial charge in [-0.25, -0.2) is 4.39 Å². The molecule has 2 heterocycles. The third-order valence-corrected chi connectivity index (χ3v) is 4.28. The number of carbonyl (C=O) groups excluding carboxylic acids is 2. The highest BCUT2D eigenvalue weighted by Gasteiger charge is 2.25. The Balaban J connectivity index is 1.63. The lowest BCUT2D eigenvalue weighted by Gasteiger charge is -2.33. The average molecular weight is 330 g/mol. The number of likely N-dealkylation sites (tertiary alicyclic amines) is 1. The lowest BCUT2D eigenvalue weighted by Crippen LogP contribution is -2.42. The zero-order chi connectivity index (χ0) is 17.1. The number of benzene rings is 1. The first kappa shape index (κ1) is 16.2. The van der Waals surface area contributed by atoms with E-state index in [0.717, 1.165) is 12.8 Å². The summed E-state index contributed by atoms with van der Waals surface area (Å²) in [5.74, 6) is -0.861. The van der Waals surface area contributed by atoms with Crippen molar-refractivity contribution < 1.29 is 18.4 Å². The summed E-state index contributed by atoms with van der Waals surface area (Å²) in [6.07, 6.45) is 4.39. The van der Waals surface area contributed by atoms with Gasteiger partial charge in [-0.3, -0.25) is 9.59 Å². The molecule has 1 saturated heterocycles. The Labute approximate surface area is 139 Å². The van der Waals surface area contributed by atoms with Crippen molar-refractivity contribution in [3.63, 3.8) is 0 Å². The standard InChI is InChI=1S/C18H19FN2O3/c1-12(22)17-15(19)3-2-4-16(17)20-14-5-8-21(9-6-14)18(23)13-7-10-24-11-13/h2-4,7,10-11,14,20H,5-6,8-9H2,1H3. The van der Waals surface area contributed by atoms with Crippen LogP contribution in [0.4, 0.5) is 10.1 Å². The largest absolute Gasteiger partial charge is 0.472 e. The van der Waals surface area contributed by atoms with Crippen LogP contribution in [0.2, 0.25) is 0 Å². The summed E-state index contributed by atoms with van der Waals surface area (Å²) in [6, 6.07) is 6.33. The van der Waals surface area contributed by atoms with E-state index in [9.17, 15) is 14.0 Å². The number of hydrogen-bond donors (Lipinski definition) is 1. The number of Topliss-reactive ketones (excluding diaryl/α,β-unsaturated/α-hetero) is 1. The van der Waals surface area contributed by atoms with Gasteiger partial charge in [-0.05, 0) is 38.0 Å². The highest BCUT2D eigenvalue weighted by atomic mass is 19.1. The van der Waals surface area contributed by atoms with Gasteiger partial charge in [0.05, 0.1) is 17.4 Å². The zero-order valence-corrected chi connectivity index (χ0v) is 13.4. The van der Waals surface area contributed by atoms with Crippen molar-refractivity contribution in [3.05, 3.63) is 53.7 Å². The molecule has 1 N–H and O–H groups in total. The normalized spacial score (nSPS) is 15.3. The molecule has 1 aliphatic rings. The molecular weight excluding hydrogens is 311 g/mol. The van der Waals surface area contributed by atoms with Crippen molar-refractivity contribution in [2.24, 2.45) is 0 Å². The van der Waals surface area contributed by atoms with Gasteiger partial charge in [0.1, 0.15) is 12.1 Å². The van der Waals surface area contributed by atoms with Crippen LogP contribution in [0, 0.1) is 5.82 Å². The van der Waals surface area contributed by atoms with Crippen LogP contribution in [0.15, 0.2) is 41.2 Å². The van der Waals surface area contributed by atoms with Crippen molar-refractivity contribution in [1.82, 2.24) is 4.90 Å². The Bertz CT molecular complexity index is 735. The molecule has 6 heteroatoms. The van der Waals surface area contributed by atoms with Crippen molar-refractivity contribution in [2.75, 3.05) is 18.4 Å². The number of rotatable bonds is 4. The number of ketones is 1. The first-order chi connectivity index (χ1) is 11.6. The molecule has 0 aliphatic carbocycles. The maximum Gasteiger partial charge on any atom is 0.257 e. The molecule has 0 saturated carbocycles. The molecule has 1 fully saturated rings. The monoisotopic (exact) mass is 330 g/mol. The molecule has 2 aromatic rings. The van der Waals surface area contributed by atoms with E-state index in [-0.39, 0.29) is 23.3 Å². The van der Waals surface area contributed by atoms with E-state index in [1.807, 2.05) is 0 Å². The van der Waals surface area contributed by atoms with Gasteiger partial charge >= 0.3 is 0 Å². The van der Waals surface area contributed by atoms with Crippen LogP contribution in [0.25, 0.3) is 0 Å². The summed E-state index contributed by atoms with van der Waals surface area (Å²) in [5, 5.41) is 3.25. The predicted molar refractivity (Wildman–Crippen MR) is 87.7 cm³/mol. The van der Waals surface area contributed by atoms with Crippen LogP contribution in [-0.4, -0.2) is 35.7 Å².